The number of aliphatic hydroxyl groups excluding tert-OH is 1. The molecule has 9 nitrogen and oxygen atoms in total. The number of amides is 2. The minimum absolute atomic E-state index is 0.0531. The van der Waals surface area contributed by atoms with Crippen LogP contribution in [0, 0.1) is 0 Å². The number of benzene rings is 2. The minimum Gasteiger partial charge on any atom is -0.495 e. The van der Waals surface area contributed by atoms with Crippen LogP contribution >= 0.6 is 0 Å². The summed E-state index contributed by atoms with van der Waals surface area (Å²) in [6.45, 7) is 1.37. The Balaban J connectivity index is 2.32. The average molecular weight is 407 g/mol. The van der Waals surface area contributed by atoms with Gasteiger partial charge in [-0.05, 0) is 30.3 Å². The molecule has 0 saturated carbocycles. The molecule has 10 heteroatoms. The number of nitrogens with one attached hydrogen (secondary N) is 2. The van der Waals surface area contributed by atoms with E-state index in [0.717, 1.165) is 0 Å². The molecule has 5 N–H and O–H groups in total. The summed E-state index contributed by atoms with van der Waals surface area (Å²) in [6.07, 6.45) is 0.240. The normalized spacial score (nSPS) is 11.0. The van der Waals surface area contributed by atoms with Crippen LogP contribution < -0.4 is 20.5 Å². The number of carbonyl (C=O) groups excluding carboxylic acids is 2. The van der Waals surface area contributed by atoms with Crippen molar-refractivity contribution >= 4 is 33.2 Å². The Morgan fingerprint density at radius 3 is 2.43 bits per heavy atom. The van der Waals surface area contributed by atoms with Gasteiger partial charge >= 0.3 is 0 Å². The number of nitrogens with two attached hydrogens (primary N) is 1. The van der Waals surface area contributed by atoms with E-state index in [0.29, 0.717) is 11.3 Å². The number of methoxy groups -OCH3 is 1. The first kappa shape index (κ1) is 21.4. The molecule has 2 aromatic carbocycles. The van der Waals surface area contributed by atoms with E-state index in [2.05, 4.69) is 10.6 Å². The van der Waals surface area contributed by atoms with Crippen molar-refractivity contribution in [2.45, 2.75) is 24.8 Å². The monoisotopic (exact) mass is 407 g/mol. The van der Waals surface area contributed by atoms with Crippen molar-refractivity contribution in [2.24, 2.45) is 5.14 Å². The van der Waals surface area contributed by atoms with Gasteiger partial charge in [-0.1, -0.05) is 13.0 Å². The molecule has 0 aromatic heterocycles. The summed E-state index contributed by atoms with van der Waals surface area (Å²) in [5.74, 6) is -0.750. The molecule has 0 unspecified atom stereocenters. The molecule has 0 bridgehead atoms. The van der Waals surface area contributed by atoms with Gasteiger partial charge in [0.15, 0.2) is 0 Å². The summed E-state index contributed by atoms with van der Waals surface area (Å²) in [4.78, 5) is 23.9. The van der Waals surface area contributed by atoms with Gasteiger partial charge in [-0.25, -0.2) is 13.6 Å². The van der Waals surface area contributed by atoms with E-state index in [1.165, 1.54) is 43.5 Å². The van der Waals surface area contributed by atoms with Gasteiger partial charge in [0.2, 0.25) is 15.9 Å². The van der Waals surface area contributed by atoms with Crippen LogP contribution in [0.3, 0.4) is 0 Å². The van der Waals surface area contributed by atoms with Crippen molar-refractivity contribution < 1.29 is 27.9 Å². The number of aliphatic hydroxyl groups is 1. The lowest BCUT2D eigenvalue weighted by atomic mass is 10.1. The molecule has 2 rings (SSSR count). The second kappa shape index (κ2) is 8.83. The van der Waals surface area contributed by atoms with Crippen LogP contribution in [0.4, 0.5) is 11.4 Å². The van der Waals surface area contributed by atoms with Crippen molar-refractivity contribution in [1.82, 2.24) is 0 Å². The largest absolute Gasteiger partial charge is 0.495 e. The number of sulfonamides is 1. The average Bonchev–Trinajstić information content (AvgIpc) is 2.67. The molecular weight excluding hydrogens is 386 g/mol. The molecule has 0 aliphatic carbocycles. The maximum absolute atomic E-state index is 12.5. The SMILES string of the molecule is CCC(=O)Nc1cc(C(=O)Nc2ccc(OC)c(S(N)(=O)=O)c2)ccc1CO. The quantitative estimate of drug-likeness (QED) is 0.546. The van der Waals surface area contributed by atoms with Crippen molar-refractivity contribution in [3.8, 4) is 5.75 Å². The Bertz CT molecular complexity index is 1000. The third-order valence-corrected chi connectivity index (χ3v) is 4.80. The molecule has 0 spiro atoms. The van der Waals surface area contributed by atoms with Crippen molar-refractivity contribution in [2.75, 3.05) is 17.7 Å². The number of primary sulfonamides is 1. The summed E-state index contributed by atoms with van der Waals surface area (Å²) < 4.78 is 28.3. The Morgan fingerprint density at radius 2 is 1.86 bits per heavy atom. The van der Waals surface area contributed by atoms with Crippen LogP contribution in [0.15, 0.2) is 41.3 Å². The molecule has 0 aliphatic rings. The predicted molar refractivity (Wildman–Crippen MR) is 104 cm³/mol. The zero-order valence-corrected chi connectivity index (χ0v) is 16.2. The van der Waals surface area contributed by atoms with Crippen LogP contribution in [0.1, 0.15) is 29.3 Å². The zero-order valence-electron chi connectivity index (χ0n) is 15.4. The third kappa shape index (κ3) is 5.06. The fraction of sp³-hybridized carbons (Fsp3) is 0.222. The van der Waals surface area contributed by atoms with Crippen molar-refractivity contribution in [3.05, 3.63) is 47.5 Å². The Hall–Kier alpha value is -2.95. The van der Waals surface area contributed by atoms with E-state index in [1.807, 2.05) is 0 Å². The molecule has 0 heterocycles. The Labute approximate surface area is 162 Å². The van der Waals surface area contributed by atoms with Crippen LogP contribution in [-0.4, -0.2) is 32.4 Å². The lowest BCUT2D eigenvalue weighted by Crippen LogP contribution is -2.17. The molecule has 28 heavy (non-hydrogen) atoms. The second-order valence-corrected chi connectivity index (χ2v) is 7.33. The number of rotatable bonds is 7. The van der Waals surface area contributed by atoms with Gasteiger partial charge in [0.25, 0.3) is 5.91 Å². The third-order valence-electron chi connectivity index (χ3n) is 3.87. The number of carbonyl (C=O) groups is 2. The molecule has 0 atom stereocenters. The summed E-state index contributed by atoms with van der Waals surface area (Å²) in [6, 6.07) is 8.45. The van der Waals surface area contributed by atoms with Gasteiger partial charge in [0.1, 0.15) is 10.6 Å². The first-order valence-corrected chi connectivity index (χ1v) is 9.80. The Morgan fingerprint density at radius 1 is 1.14 bits per heavy atom. The predicted octanol–water partition coefficient (Wildman–Crippen LogP) is 1.44. The molecule has 0 radical (unpaired) electrons. The highest BCUT2D eigenvalue weighted by molar-refractivity contribution is 7.89. The van der Waals surface area contributed by atoms with Gasteiger partial charge in [-0.15, -0.1) is 0 Å². The van der Waals surface area contributed by atoms with Crippen LogP contribution in [0.2, 0.25) is 0 Å². The molecule has 0 aliphatic heterocycles. The standard InChI is InChI=1S/C18H21N3O6S/c1-3-17(23)21-14-8-11(4-5-12(14)10-22)18(24)20-13-6-7-15(27-2)16(9-13)28(19,25)26/h4-9,22H,3,10H2,1-2H3,(H,20,24)(H,21,23)(H2,19,25,26). The highest BCUT2D eigenvalue weighted by atomic mass is 32.2. The van der Waals surface area contributed by atoms with E-state index in [9.17, 15) is 23.1 Å². The van der Waals surface area contributed by atoms with Gasteiger partial charge in [0.05, 0.1) is 13.7 Å². The van der Waals surface area contributed by atoms with E-state index < -0.39 is 15.9 Å². The maximum atomic E-state index is 12.5. The number of hydrogen-bond acceptors (Lipinski definition) is 6. The fourth-order valence-electron chi connectivity index (χ4n) is 2.39. The van der Waals surface area contributed by atoms with Crippen molar-refractivity contribution in [3.63, 3.8) is 0 Å². The van der Waals surface area contributed by atoms with Gasteiger partial charge < -0.3 is 20.5 Å². The minimum atomic E-state index is -4.05. The highest BCUT2D eigenvalue weighted by Crippen LogP contribution is 2.27. The number of ether oxygens (including phenoxy) is 1. The van der Waals surface area contributed by atoms with Gasteiger partial charge in [-0.2, -0.15) is 0 Å². The topological polar surface area (TPSA) is 148 Å². The Kier molecular flexibility index (Phi) is 6.73. The summed E-state index contributed by atoms with van der Waals surface area (Å²) in [7, 11) is -2.75. The first-order valence-electron chi connectivity index (χ1n) is 8.25. The molecule has 150 valence electrons. The highest BCUT2D eigenvalue weighted by Gasteiger charge is 2.17. The smallest absolute Gasteiger partial charge is 0.255 e. The summed E-state index contributed by atoms with van der Waals surface area (Å²) in [5.41, 5.74) is 1.18. The van der Waals surface area contributed by atoms with E-state index >= 15 is 0 Å². The maximum Gasteiger partial charge on any atom is 0.255 e. The van der Waals surface area contributed by atoms with Crippen LogP contribution in [-0.2, 0) is 21.4 Å². The number of anilines is 2. The van der Waals surface area contributed by atoms with E-state index in [-0.39, 0.29) is 40.8 Å². The van der Waals surface area contributed by atoms with Crippen LogP contribution in [0.25, 0.3) is 0 Å². The summed E-state index contributed by atoms with van der Waals surface area (Å²) >= 11 is 0. The second-order valence-electron chi connectivity index (χ2n) is 5.80. The van der Waals surface area contributed by atoms with E-state index in [1.54, 1.807) is 6.92 Å². The molecule has 2 aromatic rings. The van der Waals surface area contributed by atoms with Gasteiger partial charge in [0, 0.05) is 28.9 Å². The summed E-state index contributed by atoms with van der Waals surface area (Å²) in [5, 5.41) is 19.8. The molecule has 0 saturated heterocycles. The van der Waals surface area contributed by atoms with Crippen LogP contribution in [0.5, 0.6) is 5.75 Å². The van der Waals surface area contributed by atoms with Gasteiger partial charge in [-0.3, -0.25) is 9.59 Å². The molecular formula is C18H21N3O6S. The van der Waals surface area contributed by atoms with E-state index in [4.69, 9.17) is 9.88 Å². The van der Waals surface area contributed by atoms with Crippen molar-refractivity contribution in [1.29, 1.82) is 0 Å². The first-order chi connectivity index (χ1) is 13.2. The zero-order chi connectivity index (χ0) is 20.9. The number of hydrogen-bond donors (Lipinski definition) is 4. The lowest BCUT2D eigenvalue weighted by molar-refractivity contribution is -0.115. The molecule has 0 fully saturated rings. The molecule has 2 amide bonds. The fourth-order valence-corrected chi connectivity index (χ4v) is 3.11. The lowest BCUT2D eigenvalue weighted by Gasteiger charge is -2.13.